The van der Waals surface area contributed by atoms with Gasteiger partial charge in [0.05, 0.1) is 6.61 Å². The quantitative estimate of drug-likeness (QED) is 0.372. The molecule has 0 aliphatic carbocycles. The summed E-state index contributed by atoms with van der Waals surface area (Å²) < 4.78 is 20.4. The Morgan fingerprint density at radius 3 is 2.75 bits per heavy atom. The van der Waals surface area contributed by atoms with Crippen LogP contribution in [0, 0.1) is 0 Å². The fourth-order valence-electron chi connectivity index (χ4n) is 2.17. The van der Waals surface area contributed by atoms with Crippen LogP contribution in [0.3, 0.4) is 0 Å². The Morgan fingerprint density at radius 2 is 2.15 bits per heavy atom. The average molecular weight is 325 g/mol. The van der Waals surface area contributed by atoms with Crippen LogP contribution in [-0.4, -0.2) is 74.0 Å². The molecule has 8 nitrogen and oxygen atoms in total. The lowest BCUT2D eigenvalue weighted by Crippen LogP contribution is -2.47. The summed E-state index contributed by atoms with van der Waals surface area (Å²) in [6, 6.07) is 0. The fourth-order valence-corrected chi connectivity index (χ4v) is 2.77. The van der Waals surface area contributed by atoms with Gasteiger partial charge in [0, 0.05) is 18.0 Å². The lowest BCUT2D eigenvalue weighted by atomic mass is 10.1. The third kappa shape index (κ3) is 3.91. The number of phosphoric ester groups is 1. The summed E-state index contributed by atoms with van der Waals surface area (Å²) in [6.07, 6.45) is -0.688. The van der Waals surface area contributed by atoms with Crippen LogP contribution in [0.4, 0.5) is 0 Å². The molecule has 0 aromatic rings. The van der Waals surface area contributed by atoms with Gasteiger partial charge in [-0.3, -0.25) is 9.42 Å². The molecular weight excluding hydrogens is 309 g/mol. The van der Waals surface area contributed by atoms with Crippen molar-refractivity contribution in [1.82, 2.24) is 4.90 Å². The van der Waals surface area contributed by atoms with Crippen molar-refractivity contribution in [2.24, 2.45) is 0 Å². The number of hydrogen-bond acceptors (Lipinski definition) is 7. The van der Waals surface area contributed by atoms with E-state index in [-0.39, 0.29) is 0 Å². The van der Waals surface area contributed by atoms with Gasteiger partial charge in [0.1, 0.15) is 24.5 Å². The van der Waals surface area contributed by atoms with E-state index >= 15 is 0 Å². The third-order valence-corrected chi connectivity index (χ3v) is 3.86. The van der Waals surface area contributed by atoms with Crippen molar-refractivity contribution in [2.75, 3.05) is 19.7 Å². The van der Waals surface area contributed by atoms with Crippen LogP contribution in [0.5, 0.6) is 0 Å². The Kier molecular flexibility index (Phi) is 5.06. The first-order valence-corrected chi connectivity index (χ1v) is 7.87. The van der Waals surface area contributed by atoms with E-state index in [2.05, 4.69) is 4.52 Å². The summed E-state index contributed by atoms with van der Waals surface area (Å²) in [7, 11) is -4.64. The van der Waals surface area contributed by atoms with E-state index in [1.165, 1.54) is 0 Å². The SMILES string of the molecule is O=P(O)(O)OC[C@H]1O[C@@H](N2CC=CC(=S)C2)[C@H](O)[C@@H]1O. The van der Waals surface area contributed by atoms with E-state index in [1.807, 2.05) is 6.08 Å². The van der Waals surface area contributed by atoms with Gasteiger partial charge in [0.15, 0.2) is 0 Å². The molecular formula is C10H16NO7PS. The number of phosphoric acid groups is 1. The first-order valence-electron chi connectivity index (χ1n) is 5.93. The summed E-state index contributed by atoms with van der Waals surface area (Å²) in [4.78, 5) is 19.7. The molecule has 0 aromatic carbocycles. The molecule has 0 unspecified atom stereocenters. The zero-order valence-corrected chi connectivity index (χ0v) is 12.1. The highest BCUT2D eigenvalue weighted by molar-refractivity contribution is 7.80. The average Bonchev–Trinajstić information content (AvgIpc) is 2.63. The fraction of sp³-hybridized carbons (Fsp3) is 0.700. The lowest BCUT2D eigenvalue weighted by molar-refractivity contribution is -0.0877. The summed E-state index contributed by atoms with van der Waals surface area (Å²) in [5.41, 5.74) is 0. The van der Waals surface area contributed by atoms with Gasteiger partial charge in [-0.1, -0.05) is 18.3 Å². The third-order valence-electron chi connectivity index (χ3n) is 3.11. The van der Waals surface area contributed by atoms with E-state index in [0.29, 0.717) is 18.0 Å². The minimum Gasteiger partial charge on any atom is -0.387 e. The molecule has 114 valence electrons. The van der Waals surface area contributed by atoms with Gasteiger partial charge in [-0.15, -0.1) is 0 Å². The topological polar surface area (TPSA) is 120 Å². The van der Waals surface area contributed by atoms with Gasteiger partial charge in [0.25, 0.3) is 0 Å². The Balaban J connectivity index is 1.98. The van der Waals surface area contributed by atoms with Crippen molar-refractivity contribution in [2.45, 2.75) is 24.5 Å². The van der Waals surface area contributed by atoms with E-state index in [0.717, 1.165) is 0 Å². The predicted octanol–water partition coefficient (Wildman–Crippen LogP) is -1.22. The van der Waals surface area contributed by atoms with E-state index in [1.54, 1.807) is 11.0 Å². The molecule has 1 saturated heterocycles. The van der Waals surface area contributed by atoms with Crippen LogP contribution < -0.4 is 0 Å². The highest BCUT2D eigenvalue weighted by Crippen LogP contribution is 2.37. The standard InChI is InChI=1S/C10H16NO7PS/c12-8-7(5-17-19(14,15)16)18-10(9(8)13)11-3-1-2-6(20)4-11/h1-2,7-10,12-13H,3-5H2,(H2,14,15,16)/t7-,8-,9-,10-/m1/s1. The van der Waals surface area contributed by atoms with Crippen LogP contribution in [-0.2, 0) is 13.8 Å². The molecule has 2 aliphatic rings. The number of aliphatic hydroxyl groups excluding tert-OH is 2. The lowest BCUT2D eigenvalue weighted by Gasteiger charge is -2.31. The number of aliphatic hydroxyl groups is 2. The molecule has 0 amide bonds. The number of nitrogens with zero attached hydrogens (tertiary/aromatic N) is 1. The molecule has 0 saturated carbocycles. The van der Waals surface area contributed by atoms with Crippen molar-refractivity contribution in [1.29, 1.82) is 0 Å². The van der Waals surface area contributed by atoms with Gasteiger partial charge in [-0.2, -0.15) is 0 Å². The Bertz CT molecular complexity index is 453. The largest absolute Gasteiger partial charge is 0.469 e. The van der Waals surface area contributed by atoms with Gasteiger partial charge in [-0.05, 0) is 6.08 Å². The van der Waals surface area contributed by atoms with Crippen LogP contribution in [0.2, 0.25) is 0 Å². The summed E-state index contributed by atoms with van der Waals surface area (Å²) in [6.45, 7) is 0.403. The summed E-state index contributed by atoms with van der Waals surface area (Å²) in [5, 5.41) is 19.8. The van der Waals surface area contributed by atoms with Crippen molar-refractivity contribution in [3.05, 3.63) is 12.2 Å². The second-order valence-electron chi connectivity index (χ2n) is 4.63. The number of rotatable bonds is 4. The summed E-state index contributed by atoms with van der Waals surface area (Å²) in [5.74, 6) is 0. The second-order valence-corrected chi connectivity index (χ2v) is 6.39. The second kappa shape index (κ2) is 6.27. The molecule has 1 fully saturated rings. The van der Waals surface area contributed by atoms with E-state index in [4.69, 9.17) is 26.7 Å². The Hall–Kier alpha value is -0.220. The maximum Gasteiger partial charge on any atom is 0.469 e. The monoisotopic (exact) mass is 325 g/mol. The first kappa shape index (κ1) is 16.2. The summed E-state index contributed by atoms with van der Waals surface area (Å²) >= 11 is 5.06. The normalized spacial score (nSPS) is 35.7. The molecule has 2 heterocycles. The number of ether oxygens (including phenoxy) is 1. The van der Waals surface area contributed by atoms with Gasteiger partial charge in [-0.25, -0.2) is 4.57 Å². The van der Waals surface area contributed by atoms with E-state index < -0.39 is 39.0 Å². The maximum atomic E-state index is 10.6. The van der Waals surface area contributed by atoms with Crippen LogP contribution in [0.15, 0.2) is 12.2 Å². The number of thiocarbonyl (C=S) groups is 1. The maximum absolute atomic E-state index is 10.6. The van der Waals surface area contributed by atoms with Gasteiger partial charge in [0.2, 0.25) is 0 Å². The van der Waals surface area contributed by atoms with Crippen molar-refractivity contribution >= 4 is 24.9 Å². The highest BCUT2D eigenvalue weighted by Gasteiger charge is 2.46. The first-order chi connectivity index (χ1) is 9.28. The predicted molar refractivity (Wildman–Crippen MR) is 72.0 cm³/mol. The van der Waals surface area contributed by atoms with Crippen molar-refractivity contribution in [3.63, 3.8) is 0 Å². The zero-order chi connectivity index (χ0) is 14.9. The minimum absolute atomic E-state index is 0.409. The van der Waals surface area contributed by atoms with Gasteiger partial charge < -0.3 is 24.7 Å². The smallest absolute Gasteiger partial charge is 0.387 e. The molecule has 2 aliphatic heterocycles. The molecule has 10 heteroatoms. The minimum atomic E-state index is -4.64. The van der Waals surface area contributed by atoms with Crippen molar-refractivity contribution < 1.29 is 33.8 Å². The van der Waals surface area contributed by atoms with Gasteiger partial charge >= 0.3 is 7.82 Å². The molecule has 0 spiro atoms. The Morgan fingerprint density at radius 1 is 1.45 bits per heavy atom. The molecule has 0 aromatic heterocycles. The highest BCUT2D eigenvalue weighted by atomic mass is 32.1. The zero-order valence-electron chi connectivity index (χ0n) is 10.4. The molecule has 4 atom stereocenters. The molecule has 0 bridgehead atoms. The van der Waals surface area contributed by atoms with Crippen LogP contribution >= 0.6 is 20.0 Å². The molecule has 2 rings (SSSR count). The van der Waals surface area contributed by atoms with E-state index in [9.17, 15) is 14.8 Å². The number of hydrogen-bond donors (Lipinski definition) is 4. The molecule has 4 N–H and O–H groups in total. The molecule has 20 heavy (non-hydrogen) atoms. The van der Waals surface area contributed by atoms with Crippen LogP contribution in [0.25, 0.3) is 0 Å². The van der Waals surface area contributed by atoms with Crippen molar-refractivity contribution in [3.8, 4) is 0 Å². The molecule has 0 radical (unpaired) electrons. The van der Waals surface area contributed by atoms with Crippen LogP contribution in [0.1, 0.15) is 0 Å². The Labute approximate surface area is 120 Å².